The van der Waals surface area contributed by atoms with Crippen molar-refractivity contribution >= 4 is 15.9 Å². The van der Waals surface area contributed by atoms with Gasteiger partial charge in [-0.1, -0.05) is 64.5 Å². The Morgan fingerprint density at radius 2 is 1.94 bits per heavy atom. The third-order valence-corrected chi connectivity index (χ3v) is 3.39. The van der Waals surface area contributed by atoms with Gasteiger partial charge in [-0.3, -0.25) is 0 Å². The highest BCUT2D eigenvalue weighted by Gasteiger charge is 2.30. The van der Waals surface area contributed by atoms with Gasteiger partial charge in [-0.2, -0.15) is 0 Å². The molecule has 0 aromatic heterocycles. The smallest absolute Gasteiger partial charge is 0.0573 e. The molecule has 0 aliphatic heterocycles. The van der Waals surface area contributed by atoms with Gasteiger partial charge in [0.2, 0.25) is 0 Å². The summed E-state index contributed by atoms with van der Waals surface area (Å²) < 4.78 is 0.995. The third kappa shape index (κ3) is 2.43. The van der Waals surface area contributed by atoms with Crippen LogP contribution in [0.25, 0.3) is 0 Å². The molecule has 1 aliphatic carbocycles. The largest absolute Gasteiger partial charge is 0.323 e. The van der Waals surface area contributed by atoms with Gasteiger partial charge in [-0.05, 0) is 12.0 Å². The van der Waals surface area contributed by atoms with Crippen molar-refractivity contribution < 1.29 is 0 Å². The molecule has 0 fully saturated rings. The maximum Gasteiger partial charge on any atom is 0.0573 e. The number of allylic oxidation sites excluding steroid dienone is 2. The van der Waals surface area contributed by atoms with Gasteiger partial charge in [0.1, 0.15) is 0 Å². The van der Waals surface area contributed by atoms with Crippen LogP contribution >= 0.6 is 15.9 Å². The molecule has 0 saturated carbocycles. The monoisotopic (exact) mass is 278 g/mol. The standard InChI is InChI=1S/C13H15BrN2/c14-11-6-7-13(16,12(15)8-11)9-10-4-2-1-3-5-10/h1-8,12H,9,15-16H2. The molecule has 0 bridgehead atoms. The molecule has 4 N–H and O–H groups in total. The van der Waals surface area contributed by atoms with Crippen LogP contribution in [-0.2, 0) is 6.42 Å². The van der Waals surface area contributed by atoms with E-state index >= 15 is 0 Å². The number of halogens is 1. The summed E-state index contributed by atoms with van der Waals surface area (Å²) in [5.74, 6) is 0. The Morgan fingerprint density at radius 1 is 1.25 bits per heavy atom. The highest BCUT2D eigenvalue weighted by molar-refractivity contribution is 9.11. The second-order valence-corrected chi connectivity index (χ2v) is 5.10. The molecule has 16 heavy (non-hydrogen) atoms. The van der Waals surface area contributed by atoms with Crippen LogP contribution in [-0.4, -0.2) is 11.6 Å². The van der Waals surface area contributed by atoms with Crippen molar-refractivity contribution in [2.24, 2.45) is 11.5 Å². The molecule has 3 heteroatoms. The fourth-order valence-electron chi connectivity index (χ4n) is 1.85. The van der Waals surface area contributed by atoms with E-state index in [-0.39, 0.29) is 6.04 Å². The topological polar surface area (TPSA) is 52.0 Å². The normalized spacial score (nSPS) is 28.9. The minimum absolute atomic E-state index is 0.160. The molecular weight excluding hydrogens is 264 g/mol. The highest BCUT2D eigenvalue weighted by atomic mass is 79.9. The van der Waals surface area contributed by atoms with Crippen molar-refractivity contribution in [1.29, 1.82) is 0 Å². The lowest BCUT2D eigenvalue weighted by Crippen LogP contribution is -2.55. The summed E-state index contributed by atoms with van der Waals surface area (Å²) in [5, 5.41) is 0. The Kier molecular flexibility index (Phi) is 3.28. The second kappa shape index (κ2) is 4.53. The molecule has 2 unspecified atom stereocenters. The summed E-state index contributed by atoms with van der Waals surface area (Å²) in [6.45, 7) is 0. The predicted molar refractivity (Wildman–Crippen MR) is 71.2 cm³/mol. The van der Waals surface area contributed by atoms with Crippen LogP contribution in [0.4, 0.5) is 0 Å². The van der Waals surface area contributed by atoms with Gasteiger partial charge in [-0.25, -0.2) is 0 Å². The van der Waals surface area contributed by atoms with E-state index in [0.717, 1.165) is 10.9 Å². The molecule has 1 aromatic carbocycles. The molecule has 0 amide bonds. The molecule has 0 saturated heterocycles. The van der Waals surface area contributed by atoms with Crippen molar-refractivity contribution in [2.75, 3.05) is 0 Å². The quantitative estimate of drug-likeness (QED) is 0.871. The lowest BCUT2D eigenvalue weighted by molar-refractivity contribution is 0.466. The van der Waals surface area contributed by atoms with E-state index in [9.17, 15) is 0 Å². The van der Waals surface area contributed by atoms with E-state index in [1.54, 1.807) is 0 Å². The zero-order valence-electron chi connectivity index (χ0n) is 8.94. The van der Waals surface area contributed by atoms with E-state index in [1.807, 2.05) is 36.4 Å². The molecule has 1 aromatic rings. The number of hydrogen-bond acceptors (Lipinski definition) is 2. The molecule has 0 spiro atoms. The molecule has 2 nitrogen and oxygen atoms in total. The first-order valence-corrected chi connectivity index (χ1v) is 6.04. The Balaban J connectivity index is 2.19. The number of rotatable bonds is 2. The average Bonchev–Trinajstić information content (AvgIpc) is 2.26. The van der Waals surface area contributed by atoms with Crippen molar-refractivity contribution in [2.45, 2.75) is 18.0 Å². The summed E-state index contributed by atoms with van der Waals surface area (Å²) in [7, 11) is 0. The number of hydrogen-bond donors (Lipinski definition) is 2. The molecule has 1 aliphatic rings. The Hall–Kier alpha value is -0.900. The first-order chi connectivity index (χ1) is 7.60. The maximum atomic E-state index is 6.32. The van der Waals surface area contributed by atoms with Crippen LogP contribution in [0.1, 0.15) is 5.56 Å². The minimum atomic E-state index is -0.487. The van der Waals surface area contributed by atoms with Gasteiger partial charge in [0.25, 0.3) is 0 Å². The van der Waals surface area contributed by atoms with Crippen molar-refractivity contribution in [1.82, 2.24) is 0 Å². The predicted octanol–water partition coefficient (Wildman–Crippen LogP) is 2.10. The first-order valence-electron chi connectivity index (χ1n) is 5.25. The summed E-state index contributed by atoms with van der Waals surface area (Å²) >= 11 is 3.40. The van der Waals surface area contributed by atoms with Gasteiger partial charge in [-0.15, -0.1) is 0 Å². The number of nitrogens with two attached hydrogens (primary N) is 2. The fraction of sp³-hybridized carbons (Fsp3) is 0.231. The third-order valence-electron chi connectivity index (χ3n) is 2.87. The summed E-state index contributed by atoms with van der Waals surface area (Å²) in [6, 6.07) is 10.0. The summed E-state index contributed by atoms with van der Waals surface area (Å²) in [5.41, 5.74) is 13.1. The van der Waals surface area contributed by atoms with Crippen LogP contribution in [0, 0.1) is 0 Å². The highest BCUT2D eigenvalue weighted by Crippen LogP contribution is 2.24. The fourth-order valence-corrected chi connectivity index (χ4v) is 2.27. The van der Waals surface area contributed by atoms with Crippen LogP contribution in [0.3, 0.4) is 0 Å². The summed E-state index contributed by atoms with van der Waals surface area (Å²) in [4.78, 5) is 0. The lowest BCUT2D eigenvalue weighted by Gasteiger charge is -2.33. The van der Waals surface area contributed by atoms with E-state index < -0.39 is 5.54 Å². The van der Waals surface area contributed by atoms with Gasteiger partial charge in [0, 0.05) is 10.5 Å². The van der Waals surface area contributed by atoms with E-state index in [1.165, 1.54) is 5.56 Å². The molecule has 2 atom stereocenters. The lowest BCUT2D eigenvalue weighted by atomic mass is 9.82. The minimum Gasteiger partial charge on any atom is -0.323 e. The van der Waals surface area contributed by atoms with Gasteiger partial charge < -0.3 is 11.5 Å². The van der Waals surface area contributed by atoms with Crippen LogP contribution < -0.4 is 11.5 Å². The maximum absolute atomic E-state index is 6.32. The zero-order valence-corrected chi connectivity index (χ0v) is 10.5. The molecule has 0 heterocycles. The van der Waals surface area contributed by atoms with E-state index in [0.29, 0.717) is 0 Å². The second-order valence-electron chi connectivity index (χ2n) is 4.19. The summed E-state index contributed by atoms with van der Waals surface area (Å²) in [6.07, 6.45) is 6.65. The SMILES string of the molecule is NC1C=C(Br)C=CC1(N)Cc1ccccc1. The Bertz CT molecular complexity index is 425. The van der Waals surface area contributed by atoms with Gasteiger partial charge in [0.15, 0.2) is 0 Å². The van der Waals surface area contributed by atoms with Crippen LogP contribution in [0.2, 0.25) is 0 Å². The molecule has 2 rings (SSSR count). The zero-order chi connectivity index (χ0) is 11.6. The average molecular weight is 279 g/mol. The Morgan fingerprint density at radius 3 is 2.56 bits per heavy atom. The number of benzene rings is 1. The van der Waals surface area contributed by atoms with E-state index in [4.69, 9.17) is 11.5 Å². The van der Waals surface area contributed by atoms with Crippen LogP contribution in [0.15, 0.2) is 53.0 Å². The van der Waals surface area contributed by atoms with Crippen molar-refractivity contribution in [3.8, 4) is 0 Å². The Labute approximate surface area is 104 Å². The van der Waals surface area contributed by atoms with Gasteiger partial charge >= 0.3 is 0 Å². The molecular formula is C13H15BrN2. The van der Waals surface area contributed by atoms with E-state index in [2.05, 4.69) is 28.1 Å². The van der Waals surface area contributed by atoms with Crippen molar-refractivity contribution in [3.63, 3.8) is 0 Å². The van der Waals surface area contributed by atoms with Crippen molar-refractivity contribution in [3.05, 3.63) is 58.6 Å². The van der Waals surface area contributed by atoms with Gasteiger partial charge in [0.05, 0.1) is 5.54 Å². The molecule has 0 radical (unpaired) electrons. The first kappa shape index (κ1) is 11.6. The van der Waals surface area contributed by atoms with Crippen LogP contribution in [0.5, 0.6) is 0 Å². The molecule has 84 valence electrons.